The van der Waals surface area contributed by atoms with E-state index in [0.29, 0.717) is 5.02 Å². The Morgan fingerprint density at radius 1 is 1.12 bits per heavy atom. The average Bonchev–Trinajstić information content (AvgIpc) is 3.02. The van der Waals surface area contributed by atoms with Crippen molar-refractivity contribution in [1.82, 2.24) is 9.88 Å². The second-order valence-corrected chi connectivity index (χ2v) is 6.12. The first-order chi connectivity index (χ1) is 11.4. The monoisotopic (exact) mass is 356 g/mol. The van der Waals surface area contributed by atoms with E-state index in [9.17, 15) is 13.2 Å². The van der Waals surface area contributed by atoms with Crippen LogP contribution in [0.3, 0.4) is 0 Å². The number of ether oxygens (including phenoxy) is 1. The average molecular weight is 357 g/mol. The fraction of sp³-hybridized carbons (Fsp3) is 0.353. The van der Waals surface area contributed by atoms with E-state index < -0.39 is 11.9 Å². The molecule has 1 saturated heterocycles. The van der Waals surface area contributed by atoms with E-state index in [2.05, 4.69) is 9.88 Å². The predicted octanol–water partition coefficient (Wildman–Crippen LogP) is 5.14. The van der Waals surface area contributed by atoms with Crippen molar-refractivity contribution >= 4 is 11.6 Å². The third-order valence-corrected chi connectivity index (χ3v) is 4.13. The van der Waals surface area contributed by atoms with Crippen LogP contribution in [-0.2, 0) is 12.7 Å². The highest BCUT2D eigenvalue weighted by molar-refractivity contribution is 6.32. The molecular weight excluding hydrogens is 341 g/mol. The Bertz CT molecular complexity index is 715. The number of nitrogens with zero attached hydrogens (tertiary/aromatic N) is 2. The summed E-state index contributed by atoms with van der Waals surface area (Å²) in [6.45, 7) is 2.95. The van der Waals surface area contributed by atoms with Gasteiger partial charge in [0.15, 0.2) is 0 Å². The highest BCUT2D eigenvalue weighted by atomic mass is 35.5. The minimum absolute atomic E-state index is 0.140. The Morgan fingerprint density at radius 2 is 1.88 bits per heavy atom. The van der Waals surface area contributed by atoms with Crippen molar-refractivity contribution in [3.63, 3.8) is 0 Å². The Kier molecular flexibility index (Phi) is 4.96. The first-order valence-electron chi connectivity index (χ1n) is 7.65. The fourth-order valence-corrected chi connectivity index (χ4v) is 2.91. The van der Waals surface area contributed by atoms with Gasteiger partial charge >= 0.3 is 6.18 Å². The summed E-state index contributed by atoms with van der Waals surface area (Å²) in [6, 6.07) is 8.82. The fourth-order valence-electron chi connectivity index (χ4n) is 2.67. The molecule has 2 heterocycles. The molecule has 0 radical (unpaired) electrons. The molecule has 0 saturated carbocycles. The SMILES string of the molecule is FC(F)(F)c1cccc(Oc2ccc(CN3CCCC3)cc2Cl)n1. The van der Waals surface area contributed by atoms with Gasteiger partial charge in [-0.05, 0) is 49.7 Å². The van der Waals surface area contributed by atoms with Crippen LogP contribution in [0.2, 0.25) is 5.02 Å². The number of alkyl halides is 3. The number of aromatic nitrogens is 1. The normalized spacial score (nSPS) is 15.7. The van der Waals surface area contributed by atoms with Crippen LogP contribution in [0.25, 0.3) is 0 Å². The van der Waals surface area contributed by atoms with Crippen molar-refractivity contribution in [2.75, 3.05) is 13.1 Å². The summed E-state index contributed by atoms with van der Waals surface area (Å²) in [5, 5.41) is 0.353. The molecule has 0 bridgehead atoms. The van der Waals surface area contributed by atoms with Gasteiger partial charge in [0.25, 0.3) is 0 Å². The van der Waals surface area contributed by atoms with Gasteiger partial charge < -0.3 is 4.74 Å². The summed E-state index contributed by atoms with van der Waals surface area (Å²) in [5.74, 6) is 0.146. The summed E-state index contributed by atoms with van der Waals surface area (Å²) in [6.07, 6.45) is -2.10. The summed E-state index contributed by atoms with van der Waals surface area (Å²) in [5.41, 5.74) is 0.0491. The topological polar surface area (TPSA) is 25.4 Å². The Morgan fingerprint density at radius 3 is 2.54 bits per heavy atom. The van der Waals surface area contributed by atoms with Gasteiger partial charge in [0.05, 0.1) is 5.02 Å². The minimum Gasteiger partial charge on any atom is -0.437 e. The lowest BCUT2D eigenvalue weighted by Gasteiger charge is -2.15. The number of rotatable bonds is 4. The molecule has 1 aromatic carbocycles. The molecule has 1 aliphatic heterocycles. The quantitative estimate of drug-likeness (QED) is 0.758. The maximum absolute atomic E-state index is 12.7. The van der Waals surface area contributed by atoms with Crippen LogP contribution in [0.15, 0.2) is 36.4 Å². The predicted molar refractivity (Wildman–Crippen MR) is 85.3 cm³/mol. The molecule has 1 aromatic heterocycles. The van der Waals surface area contributed by atoms with E-state index in [-0.39, 0.29) is 11.6 Å². The molecule has 0 N–H and O–H groups in total. The summed E-state index contributed by atoms with van der Waals surface area (Å²) >= 11 is 6.20. The molecule has 0 aliphatic carbocycles. The molecule has 0 unspecified atom stereocenters. The molecule has 0 amide bonds. The van der Waals surface area contributed by atoms with E-state index >= 15 is 0 Å². The molecule has 1 aliphatic rings. The zero-order valence-corrected chi connectivity index (χ0v) is 13.6. The first kappa shape index (κ1) is 17.0. The standard InChI is InChI=1S/C17H16ClF3N2O/c18-13-10-12(11-23-8-1-2-9-23)6-7-14(13)24-16-5-3-4-15(22-16)17(19,20)21/h3-7,10H,1-2,8-9,11H2. The van der Waals surface area contributed by atoms with Crippen molar-refractivity contribution < 1.29 is 17.9 Å². The van der Waals surface area contributed by atoms with E-state index in [1.54, 1.807) is 12.1 Å². The smallest absolute Gasteiger partial charge is 0.433 e. The van der Waals surface area contributed by atoms with E-state index in [1.165, 1.54) is 25.0 Å². The van der Waals surface area contributed by atoms with Gasteiger partial charge in [0.2, 0.25) is 5.88 Å². The molecule has 24 heavy (non-hydrogen) atoms. The largest absolute Gasteiger partial charge is 0.437 e. The zero-order chi connectivity index (χ0) is 17.2. The van der Waals surface area contributed by atoms with Gasteiger partial charge in [0, 0.05) is 12.6 Å². The van der Waals surface area contributed by atoms with Crippen molar-refractivity contribution in [3.8, 4) is 11.6 Å². The van der Waals surface area contributed by atoms with Crippen molar-refractivity contribution in [1.29, 1.82) is 0 Å². The molecule has 2 aromatic rings. The molecule has 0 atom stereocenters. The zero-order valence-electron chi connectivity index (χ0n) is 12.8. The lowest BCUT2D eigenvalue weighted by molar-refractivity contribution is -0.141. The van der Waals surface area contributed by atoms with Gasteiger partial charge in [-0.1, -0.05) is 23.7 Å². The number of hydrogen-bond acceptors (Lipinski definition) is 3. The maximum atomic E-state index is 12.7. The van der Waals surface area contributed by atoms with Crippen LogP contribution in [0, 0.1) is 0 Å². The van der Waals surface area contributed by atoms with Crippen LogP contribution in [0.5, 0.6) is 11.6 Å². The van der Waals surface area contributed by atoms with Crippen molar-refractivity contribution in [3.05, 3.63) is 52.7 Å². The Balaban J connectivity index is 1.73. The lowest BCUT2D eigenvalue weighted by atomic mass is 10.2. The second kappa shape index (κ2) is 6.99. The third kappa shape index (κ3) is 4.19. The number of hydrogen-bond donors (Lipinski definition) is 0. The second-order valence-electron chi connectivity index (χ2n) is 5.71. The number of benzene rings is 1. The van der Waals surface area contributed by atoms with Crippen LogP contribution in [0.1, 0.15) is 24.1 Å². The van der Waals surface area contributed by atoms with Gasteiger partial charge in [-0.2, -0.15) is 13.2 Å². The van der Waals surface area contributed by atoms with E-state index in [1.807, 2.05) is 6.07 Å². The van der Waals surface area contributed by atoms with Crippen LogP contribution < -0.4 is 4.74 Å². The molecular formula is C17H16ClF3N2O. The highest BCUT2D eigenvalue weighted by Gasteiger charge is 2.32. The highest BCUT2D eigenvalue weighted by Crippen LogP contribution is 2.32. The van der Waals surface area contributed by atoms with E-state index in [0.717, 1.165) is 31.3 Å². The third-order valence-electron chi connectivity index (χ3n) is 3.83. The number of halogens is 4. The number of pyridine rings is 1. The van der Waals surface area contributed by atoms with Crippen molar-refractivity contribution in [2.45, 2.75) is 25.6 Å². The molecule has 0 spiro atoms. The van der Waals surface area contributed by atoms with Crippen LogP contribution >= 0.6 is 11.6 Å². The molecule has 7 heteroatoms. The van der Waals surface area contributed by atoms with Gasteiger partial charge in [0.1, 0.15) is 11.4 Å². The minimum atomic E-state index is -4.51. The van der Waals surface area contributed by atoms with E-state index in [4.69, 9.17) is 16.3 Å². The van der Waals surface area contributed by atoms with Crippen LogP contribution in [-0.4, -0.2) is 23.0 Å². The summed E-state index contributed by atoms with van der Waals surface area (Å²) < 4.78 is 43.5. The molecule has 128 valence electrons. The molecule has 1 fully saturated rings. The molecule has 3 rings (SSSR count). The summed E-state index contributed by atoms with van der Waals surface area (Å²) in [7, 11) is 0. The summed E-state index contributed by atoms with van der Waals surface area (Å²) in [4.78, 5) is 5.81. The van der Waals surface area contributed by atoms with Gasteiger partial charge in [-0.15, -0.1) is 0 Å². The Hall–Kier alpha value is -1.79. The van der Waals surface area contributed by atoms with Crippen molar-refractivity contribution in [2.24, 2.45) is 0 Å². The maximum Gasteiger partial charge on any atom is 0.433 e. The number of likely N-dealkylation sites (tertiary alicyclic amines) is 1. The lowest BCUT2D eigenvalue weighted by Crippen LogP contribution is -2.18. The van der Waals surface area contributed by atoms with Crippen LogP contribution in [0.4, 0.5) is 13.2 Å². The van der Waals surface area contributed by atoms with Gasteiger partial charge in [-0.25, -0.2) is 4.98 Å². The molecule has 3 nitrogen and oxygen atoms in total. The first-order valence-corrected chi connectivity index (χ1v) is 8.02. The Labute approximate surface area is 143 Å². The van der Waals surface area contributed by atoms with Gasteiger partial charge in [-0.3, -0.25) is 4.90 Å².